The molecule has 0 aliphatic heterocycles. The summed E-state index contributed by atoms with van der Waals surface area (Å²) in [6.07, 6.45) is 1.97. The van der Waals surface area contributed by atoms with Crippen LogP contribution in [0, 0.1) is 13.8 Å². The first-order valence-electron chi connectivity index (χ1n) is 6.39. The Morgan fingerprint density at radius 1 is 1.32 bits per heavy atom. The summed E-state index contributed by atoms with van der Waals surface area (Å²) in [7, 11) is 0. The van der Waals surface area contributed by atoms with Gasteiger partial charge in [0.05, 0.1) is 17.6 Å². The summed E-state index contributed by atoms with van der Waals surface area (Å²) < 4.78 is 2.87. The molecule has 0 fully saturated rings. The summed E-state index contributed by atoms with van der Waals surface area (Å²) in [4.78, 5) is 0. The number of aryl methyl sites for hydroxylation is 2. The van der Waals surface area contributed by atoms with E-state index in [2.05, 4.69) is 71.4 Å². The van der Waals surface area contributed by atoms with Gasteiger partial charge >= 0.3 is 0 Å². The van der Waals surface area contributed by atoms with Crippen molar-refractivity contribution in [1.29, 1.82) is 0 Å². The van der Waals surface area contributed by atoms with E-state index in [0.717, 1.165) is 22.4 Å². The number of rotatable bonds is 4. The van der Waals surface area contributed by atoms with Gasteiger partial charge in [0.25, 0.3) is 0 Å². The van der Waals surface area contributed by atoms with E-state index in [1.807, 2.05) is 10.9 Å². The van der Waals surface area contributed by atoms with Gasteiger partial charge in [-0.05, 0) is 47.0 Å². The molecule has 1 aromatic heterocycles. The van der Waals surface area contributed by atoms with Gasteiger partial charge in [-0.25, -0.2) is 4.68 Å². The van der Waals surface area contributed by atoms with Crippen LogP contribution in [0.5, 0.6) is 0 Å². The van der Waals surface area contributed by atoms with E-state index >= 15 is 0 Å². The molecule has 4 nitrogen and oxygen atoms in total. The molecule has 1 heterocycles. The zero-order chi connectivity index (χ0) is 14.0. The van der Waals surface area contributed by atoms with Gasteiger partial charge in [0.1, 0.15) is 0 Å². The normalized spacial score (nSPS) is 11.3. The molecule has 0 amide bonds. The predicted octanol–water partition coefficient (Wildman–Crippen LogP) is 3.14. The summed E-state index contributed by atoms with van der Waals surface area (Å²) in [5.41, 5.74) is 4.41. The van der Waals surface area contributed by atoms with E-state index in [1.54, 1.807) is 0 Å². The van der Waals surface area contributed by atoms with E-state index in [-0.39, 0.29) is 0 Å². The quantitative estimate of drug-likeness (QED) is 0.940. The molecule has 5 heteroatoms. The second kappa shape index (κ2) is 5.84. The fraction of sp³-hybridized carbons (Fsp3) is 0.429. The van der Waals surface area contributed by atoms with Crippen LogP contribution in [0.4, 0.5) is 0 Å². The van der Waals surface area contributed by atoms with Crippen LogP contribution in [0.15, 0.2) is 22.8 Å². The number of halogens is 1. The van der Waals surface area contributed by atoms with E-state index in [4.69, 9.17) is 0 Å². The largest absolute Gasteiger partial charge is 0.309 e. The third-order valence-electron chi connectivity index (χ3n) is 2.86. The van der Waals surface area contributed by atoms with Crippen molar-refractivity contribution in [2.75, 3.05) is 0 Å². The highest BCUT2D eigenvalue weighted by molar-refractivity contribution is 9.10. The van der Waals surface area contributed by atoms with Crippen molar-refractivity contribution in [3.05, 3.63) is 39.6 Å². The van der Waals surface area contributed by atoms with Crippen LogP contribution in [-0.4, -0.2) is 21.0 Å². The summed E-state index contributed by atoms with van der Waals surface area (Å²) in [6, 6.07) is 4.68. The maximum atomic E-state index is 4.21. The summed E-state index contributed by atoms with van der Waals surface area (Å²) in [6.45, 7) is 9.14. The van der Waals surface area contributed by atoms with Crippen molar-refractivity contribution in [2.24, 2.45) is 0 Å². The zero-order valence-electron chi connectivity index (χ0n) is 11.7. The first kappa shape index (κ1) is 14.2. The molecule has 0 saturated carbocycles. The second-order valence-electron chi connectivity index (χ2n) is 5.10. The monoisotopic (exact) mass is 322 g/mol. The Hall–Kier alpha value is -1.20. The van der Waals surface area contributed by atoms with Crippen molar-refractivity contribution in [3.63, 3.8) is 0 Å². The van der Waals surface area contributed by atoms with Gasteiger partial charge in [0, 0.05) is 17.1 Å². The molecule has 102 valence electrons. The Labute approximate surface area is 122 Å². The Balaban J connectivity index is 2.28. The minimum atomic E-state index is 0.443. The molecule has 0 unspecified atom stereocenters. The van der Waals surface area contributed by atoms with Crippen LogP contribution in [0.1, 0.15) is 30.7 Å². The van der Waals surface area contributed by atoms with Crippen molar-refractivity contribution in [2.45, 2.75) is 40.3 Å². The van der Waals surface area contributed by atoms with Crippen LogP contribution >= 0.6 is 15.9 Å². The lowest BCUT2D eigenvalue weighted by molar-refractivity contribution is 0.580. The minimum absolute atomic E-state index is 0.443. The fourth-order valence-electron chi connectivity index (χ4n) is 2.00. The van der Waals surface area contributed by atoms with Crippen molar-refractivity contribution in [1.82, 2.24) is 20.3 Å². The molecule has 0 aliphatic rings. The summed E-state index contributed by atoms with van der Waals surface area (Å²) >= 11 is 3.60. The molecule has 0 aliphatic carbocycles. The molecule has 1 N–H and O–H groups in total. The molecule has 0 atom stereocenters. The van der Waals surface area contributed by atoms with Crippen LogP contribution in [-0.2, 0) is 6.54 Å². The van der Waals surface area contributed by atoms with Crippen LogP contribution in [0.25, 0.3) is 5.69 Å². The summed E-state index contributed by atoms with van der Waals surface area (Å²) in [5, 5.41) is 11.7. The Morgan fingerprint density at radius 3 is 2.68 bits per heavy atom. The maximum absolute atomic E-state index is 4.21. The number of hydrogen-bond acceptors (Lipinski definition) is 3. The maximum Gasteiger partial charge on any atom is 0.0969 e. The van der Waals surface area contributed by atoms with Gasteiger partial charge in [-0.15, -0.1) is 5.10 Å². The van der Waals surface area contributed by atoms with Gasteiger partial charge in [-0.3, -0.25) is 0 Å². The number of aromatic nitrogens is 3. The average molecular weight is 323 g/mol. The highest BCUT2D eigenvalue weighted by Crippen LogP contribution is 2.25. The lowest BCUT2D eigenvalue weighted by atomic mass is 10.1. The van der Waals surface area contributed by atoms with E-state index in [0.29, 0.717) is 6.04 Å². The van der Waals surface area contributed by atoms with Gasteiger partial charge in [-0.1, -0.05) is 25.1 Å². The molecule has 0 spiro atoms. The van der Waals surface area contributed by atoms with Gasteiger partial charge in [0.2, 0.25) is 0 Å². The molecule has 0 radical (unpaired) electrons. The topological polar surface area (TPSA) is 42.7 Å². The van der Waals surface area contributed by atoms with Gasteiger partial charge in [0.15, 0.2) is 0 Å². The highest BCUT2D eigenvalue weighted by atomic mass is 79.9. The third-order valence-corrected chi connectivity index (χ3v) is 3.46. The molecular formula is C14H19BrN4. The van der Waals surface area contributed by atoms with E-state index in [9.17, 15) is 0 Å². The predicted molar refractivity (Wildman–Crippen MR) is 80.5 cm³/mol. The number of hydrogen-bond donors (Lipinski definition) is 1. The van der Waals surface area contributed by atoms with Crippen LogP contribution in [0.2, 0.25) is 0 Å². The standard InChI is InChI=1S/C14H19BrN4/c1-9(2)16-7-12-8-19(18-17-12)14-11(4)5-10(3)6-13(14)15/h5-6,8-9,16H,7H2,1-4H3. The highest BCUT2D eigenvalue weighted by Gasteiger charge is 2.10. The third kappa shape index (κ3) is 3.42. The van der Waals surface area contributed by atoms with Crippen LogP contribution < -0.4 is 5.32 Å². The summed E-state index contributed by atoms with van der Waals surface area (Å²) in [5.74, 6) is 0. The molecule has 19 heavy (non-hydrogen) atoms. The van der Waals surface area contributed by atoms with E-state index in [1.165, 1.54) is 11.1 Å². The smallest absolute Gasteiger partial charge is 0.0969 e. The van der Waals surface area contributed by atoms with E-state index < -0.39 is 0 Å². The molecule has 0 saturated heterocycles. The molecule has 1 aromatic carbocycles. The van der Waals surface area contributed by atoms with Crippen LogP contribution in [0.3, 0.4) is 0 Å². The van der Waals surface area contributed by atoms with Gasteiger partial charge < -0.3 is 5.32 Å². The number of benzene rings is 1. The molecular weight excluding hydrogens is 304 g/mol. The number of nitrogens with zero attached hydrogens (tertiary/aromatic N) is 3. The van der Waals surface area contributed by atoms with Crippen molar-refractivity contribution in [3.8, 4) is 5.69 Å². The Morgan fingerprint density at radius 2 is 2.05 bits per heavy atom. The Kier molecular flexibility index (Phi) is 4.37. The first-order chi connectivity index (χ1) is 8.97. The molecule has 0 bridgehead atoms. The average Bonchev–Trinajstić information content (AvgIpc) is 2.73. The zero-order valence-corrected chi connectivity index (χ0v) is 13.3. The molecule has 2 aromatic rings. The Bertz CT molecular complexity index is 552. The SMILES string of the molecule is Cc1cc(C)c(-n2cc(CNC(C)C)nn2)c(Br)c1. The minimum Gasteiger partial charge on any atom is -0.309 e. The van der Waals surface area contributed by atoms with Gasteiger partial charge in [-0.2, -0.15) is 0 Å². The second-order valence-corrected chi connectivity index (χ2v) is 5.96. The molecule has 2 rings (SSSR count). The lowest BCUT2D eigenvalue weighted by Crippen LogP contribution is -2.21. The lowest BCUT2D eigenvalue weighted by Gasteiger charge is -2.09. The van der Waals surface area contributed by atoms with Crippen molar-refractivity contribution >= 4 is 15.9 Å². The fourth-order valence-corrected chi connectivity index (χ4v) is 2.85. The first-order valence-corrected chi connectivity index (χ1v) is 7.18. The van der Waals surface area contributed by atoms with Crippen molar-refractivity contribution < 1.29 is 0 Å². The number of nitrogens with one attached hydrogen (secondary N) is 1.